The fourth-order valence-corrected chi connectivity index (χ4v) is 2.48. The van der Waals surface area contributed by atoms with Gasteiger partial charge in [-0.25, -0.2) is 22.0 Å². The third-order valence-corrected chi connectivity index (χ3v) is 3.90. The number of aromatic amines is 1. The summed E-state index contributed by atoms with van der Waals surface area (Å²) in [6.45, 7) is -0.474. The van der Waals surface area contributed by atoms with E-state index in [-0.39, 0.29) is 5.56 Å². The van der Waals surface area contributed by atoms with Gasteiger partial charge in [0.1, 0.15) is 11.6 Å². The first kappa shape index (κ1) is 15.4. The van der Waals surface area contributed by atoms with E-state index in [1.54, 1.807) is 4.98 Å². The molecule has 2 rings (SSSR count). The van der Waals surface area contributed by atoms with Gasteiger partial charge in [-0.3, -0.25) is 14.3 Å². The number of aromatic nitrogens is 2. The number of nitrogens with one attached hydrogen (secondary N) is 1. The normalized spacial score (nSPS) is 11.6. The lowest BCUT2D eigenvalue weighted by Gasteiger charge is -2.07. The van der Waals surface area contributed by atoms with Crippen molar-refractivity contribution >= 4 is 19.7 Å². The molecule has 1 N–H and O–H groups in total. The molecule has 1 heterocycles. The van der Waals surface area contributed by atoms with Crippen molar-refractivity contribution in [1.29, 1.82) is 0 Å². The molecule has 0 amide bonds. The molecule has 0 saturated heterocycles. The third-order valence-electron chi connectivity index (χ3n) is 2.59. The van der Waals surface area contributed by atoms with Crippen LogP contribution in [0.3, 0.4) is 0 Å². The summed E-state index contributed by atoms with van der Waals surface area (Å²) in [5.41, 5.74) is -2.36. The number of hydrogen-bond donors (Lipinski definition) is 1. The van der Waals surface area contributed by atoms with E-state index < -0.39 is 43.4 Å². The lowest BCUT2D eigenvalue weighted by molar-refractivity contribution is 0.568. The summed E-state index contributed by atoms with van der Waals surface area (Å²) in [5.74, 6) is -1.51. The van der Waals surface area contributed by atoms with Crippen molar-refractivity contribution in [3.63, 3.8) is 0 Å². The van der Waals surface area contributed by atoms with Crippen molar-refractivity contribution < 1.29 is 17.2 Å². The molecule has 0 spiro atoms. The maximum atomic E-state index is 13.5. The van der Waals surface area contributed by atoms with Gasteiger partial charge in [0.25, 0.3) is 14.6 Å². The van der Waals surface area contributed by atoms with Crippen LogP contribution in [0, 0.1) is 11.6 Å². The molecule has 0 fully saturated rings. The summed E-state index contributed by atoms with van der Waals surface area (Å²) in [6.07, 6.45) is 0.674. The van der Waals surface area contributed by atoms with E-state index in [0.717, 1.165) is 18.2 Å². The van der Waals surface area contributed by atoms with E-state index in [1.807, 2.05) is 0 Å². The summed E-state index contributed by atoms with van der Waals surface area (Å²) < 4.78 is 49.6. The van der Waals surface area contributed by atoms with Crippen LogP contribution in [0.15, 0.2) is 38.9 Å². The zero-order chi connectivity index (χ0) is 15.8. The van der Waals surface area contributed by atoms with Crippen LogP contribution in [0.4, 0.5) is 8.78 Å². The fourth-order valence-electron chi connectivity index (χ4n) is 1.63. The van der Waals surface area contributed by atoms with Crippen LogP contribution >= 0.6 is 10.7 Å². The Kier molecular flexibility index (Phi) is 3.97. The fraction of sp³-hybridized carbons (Fsp3) is 0.0909. The first-order valence-corrected chi connectivity index (χ1v) is 7.72. The Morgan fingerprint density at radius 1 is 1.24 bits per heavy atom. The molecular formula is C11H7ClF2N2O4S. The largest absolute Gasteiger partial charge is 0.328 e. The second-order valence-corrected chi connectivity index (χ2v) is 6.59. The average Bonchev–Trinajstić information content (AvgIpc) is 2.35. The summed E-state index contributed by atoms with van der Waals surface area (Å²) >= 11 is 0. The zero-order valence-corrected chi connectivity index (χ0v) is 11.7. The lowest BCUT2D eigenvalue weighted by atomic mass is 10.2. The van der Waals surface area contributed by atoms with Crippen molar-refractivity contribution in [2.24, 2.45) is 0 Å². The third kappa shape index (κ3) is 3.37. The predicted molar refractivity (Wildman–Crippen MR) is 69.8 cm³/mol. The van der Waals surface area contributed by atoms with Crippen molar-refractivity contribution in [3.8, 4) is 0 Å². The highest BCUT2D eigenvalue weighted by molar-refractivity contribution is 8.13. The molecule has 10 heteroatoms. The molecule has 0 aliphatic rings. The second-order valence-electron chi connectivity index (χ2n) is 4.05. The SMILES string of the molecule is O=c1[nH]c(=O)n(Cc2cc(F)ccc2F)cc1S(=O)(=O)Cl. The van der Waals surface area contributed by atoms with Gasteiger partial charge in [-0.15, -0.1) is 0 Å². The van der Waals surface area contributed by atoms with Crippen molar-refractivity contribution in [1.82, 2.24) is 9.55 Å². The van der Waals surface area contributed by atoms with E-state index in [2.05, 4.69) is 0 Å². The molecule has 1 aromatic heterocycles. The molecule has 0 unspecified atom stereocenters. The number of H-pyrrole nitrogens is 1. The molecule has 0 aliphatic carbocycles. The quantitative estimate of drug-likeness (QED) is 0.839. The highest BCUT2D eigenvalue weighted by Gasteiger charge is 2.18. The molecular weight excluding hydrogens is 330 g/mol. The van der Waals surface area contributed by atoms with Crippen molar-refractivity contribution in [2.45, 2.75) is 11.4 Å². The minimum absolute atomic E-state index is 0.193. The number of benzene rings is 1. The van der Waals surface area contributed by atoms with Crippen LogP contribution in [0.25, 0.3) is 0 Å². The second kappa shape index (κ2) is 5.41. The Labute approximate surface area is 121 Å². The zero-order valence-electron chi connectivity index (χ0n) is 10.1. The Balaban J connectivity index is 2.58. The van der Waals surface area contributed by atoms with Gasteiger partial charge in [-0.05, 0) is 18.2 Å². The van der Waals surface area contributed by atoms with Crippen LogP contribution in [0.5, 0.6) is 0 Å². The van der Waals surface area contributed by atoms with Gasteiger partial charge in [-0.2, -0.15) is 0 Å². The maximum absolute atomic E-state index is 13.5. The number of nitrogens with zero attached hydrogens (tertiary/aromatic N) is 1. The van der Waals surface area contributed by atoms with Gasteiger partial charge in [0.15, 0.2) is 4.90 Å². The molecule has 0 bridgehead atoms. The summed E-state index contributed by atoms with van der Waals surface area (Å²) in [7, 11) is 0.668. The Morgan fingerprint density at radius 3 is 2.52 bits per heavy atom. The van der Waals surface area contributed by atoms with E-state index >= 15 is 0 Å². The molecule has 112 valence electrons. The van der Waals surface area contributed by atoms with E-state index in [9.17, 15) is 26.8 Å². The molecule has 0 aliphatic heterocycles. The van der Waals surface area contributed by atoms with Gasteiger partial charge in [0, 0.05) is 22.4 Å². The predicted octanol–water partition coefficient (Wildman–Crippen LogP) is 0.791. The Hall–Kier alpha value is -2.00. The number of halogens is 3. The number of rotatable bonds is 3. The van der Waals surface area contributed by atoms with E-state index in [4.69, 9.17) is 10.7 Å². The smallest absolute Gasteiger partial charge is 0.295 e. The molecule has 0 saturated carbocycles. The minimum Gasteiger partial charge on any atom is -0.295 e. The minimum atomic E-state index is -4.38. The molecule has 21 heavy (non-hydrogen) atoms. The van der Waals surface area contributed by atoms with Crippen molar-refractivity contribution in [3.05, 3.63) is 62.4 Å². The Morgan fingerprint density at radius 2 is 1.90 bits per heavy atom. The van der Waals surface area contributed by atoms with E-state index in [1.165, 1.54) is 0 Å². The lowest BCUT2D eigenvalue weighted by Crippen LogP contribution is -2.32. The van der Waals surface area contributed by atoms with Crippen LogP contribution in [0.1, 0.15) is 5.56 Å². The maximum Gasteiger partial charge on any atom is 0.328 e. The molecule has 1 aromatic carbocycles. The van der Waals surface area contributed by atoms with E-state index in [0.29, 0.717) is 10.8 Å². The molecule has 0 atom stereocenters. The summed E-state index contributed by atoms with van der Waals surface area (Å²) in [4.78, 5) is 23.8. The molecule has 6 nitrogen and oxygen atoms in total. The van der Waals surface area contributed by atoms with Gasteiger partial charge < -0.3 is 0 Å². The first-order chi connectivity index (χ1) is 9.68. The highest BCUT2D eigenvalue weighted by atomic mass is 35.7. The van der Waals surface area contributed by atoms with Crippen LogP contribution in [-0.4, -0.2) is 18.0 Å². The highest BCUT2D eigenvalue weighted by Crippen LogP contribution is 2.12. The standard InChI is InChI=1S/C11H7ClF2N2O4S/c12-21(19,20)9-5-16(11(18)15-10(9)17)4-6-3-7(13)1-2-8(6)14/h1-3,5H,4H2,(H,15,17,18). The van der Waals surface area contributed by atoms with Gasteiger partial charge in [0.05, 0.1) is 6.54 Å². The average molecular weight is 337 g/mol. The Bertz CT molecular complexity index is 921. The summed E-state index contributed by atoms with van der Waals surface area (Å²) in [5, 5.41) is 0. The van der Waals surface area contributed by atoms with Crippen LogP contribution < -0.4 is 11.2 Å². The molecule has 2 aromatic rings. The topological polar surface area (TPSA) is 89.0 Å². The monoisotopic (exact) mass is 336 g/mol. The first-order valence-electron chi connectivity index (χ1n) is 5.41. The number of hydrogen-bond acceptors (Lipinski definition) is 4. The van der Waals surface area contributed by atoms with Crippen LogP contribution in [-0.2, 0) is 15.6 Å². The summed E-state index contributed by atoms with van der Waals surface area (Å²) in [6, 6.07) is 2.60. The van der Waals surface area contributed by atoms with Gasteiger partial charge in [-0.1, -0.05) is 0 Å². The van der Waals surface area contributed by atoms with Gasteiger partial charge in [0.2, 0.25) is 0 Å². The van der Waals surface area contributed by atoms with Crippen molar-refractivity contribution in [2.75, 3.05) is 0 Å². The molecule has 0 radical (unpaired) electrons. The van der Waals surface area contributed by atoms with Gasteiger partial charge >= 0.3 is 5.69 Å². The van der Waals surface area contributed by atoms with Crippen LogP contribution in [0.2, 0.25) is 0 Å².